The molecule has 0 N–H and O–H groups in total. The monoisotopic (exact) mass is 306 g/mol. The normalized spacial score (nSPS) is 10.0. The highest BCUT2D eigenvalue weighted by molar-refractivity contribution is 6.18. The number of ether oxygens (including phenoxy) is 1. The second-order valence-corrected chi connectivity index (χ2v) is 4.78. The van der Waals surface area contributed by atoms with Crippen LogP contribution in [0, 0.1) is 24.6 Å². The molecule has 0 radical (unpaired) electrons. The standard InChI is InChI=1S/C16H16ClFN2O/c1-13-19-8-9-20(13)10-11-21-15-6-5-14(16(18)12-15)4-2-3-7-17/h5-6,8-9,12H,3,7,10-11H2,1H3. The summed E-state index contributed by atoms with van der Waals surface area (Å²) >= 11 is 5.52. The SMILES string of the molecule is Cc1nccn1CCOc1ccc(C#CCCCl)c(F)c1. The van der Waals surface area contributed by atoms with Gasteiger partial charge in [0, 0.05) is 30.8 Å². The minimum absolute atomic E-state index is 0.359. The zero-order valence-corrected chi connectivity index (χ0v) is 12.5. The molecule has 2 aromatic rings. The Morgan fingerprint density at radius 2 is 2.29 bits per heavy atom. The molecular weight excluding hydrogens is 291 g/mol. The van der Waals surface area contributed by atoms with Gasteiger partial charge in [-0.05, 0) is 19.1 Å². The zero-order chi connectivity index (χ0) is 15.1. The van der Waals surface area contributed by atoms with Gasteiger partial charge >= 0.3 is 0 Å². The predicted molar refractivity (Wildman–Crippen MR) is 81.1 cm³/mol. The molecule has 3 nitrogen and oxygen atoms in total. The molecule has 1 heterocycles. The maximum Gasteiger partial charge on any atom is 0.142 e. The van der Waals surface area contributed by atoms with E-state index in [1.54, 1.807) is 18.3 Å². The molecule has 2 rings (SSSR count). The Labute approximate surface area is 128 Å². The highest BCUT2D eigenvalue weighted by Crippen LogP contribution is 2.16. The molecule has 21 heavy (non-hydrogen) atoms. The molecule has 5 heteroatoms. The van der Waals surface area contributed by atoms with Crippen LogP contribution in [0.1, 0.15) is 17.8 Å². The third-order valence-corrected chi connectivity index (χ3v) is 3.10. The van der Waals surface area contributed by atoms with Crippen LogP contribution in [0.2, 0.25) is 0 Å². The molecule has 0 atom stereocenters. The van der Waals surface area contributed by atoms with E-state index in [0.717, 1.165) is 5.82 Å². The van der Waals surface area contributed by atoms with E-state index in [1.165, 1.54) is 6.07 Å². The van der Waals surface area contributed by atoms with Gasteiger partial charge in [0.05, 0.1) is 12.1 Å². The lowest BCUT2D eigenvalue weighted by molar-refractivity contribution is 0.295. The molecule has 0 spiro atoms. The third-order valence-electron chi connectivity index (χ3n) is 2.91. The quantitative estimate of drug-likeness (QED) is 0.625. The van der Waals surface area contributed by atoms with Gasteiger partial charge < -0.3 is 9.30 Å². The highest BCUT2D eigenvalue weighted by Gasteiger charge is 2.03. The van der Waals surface area contributed by atoms with E-state index in [9.17, 15) is 4.39 Å². The first-order valence-electron chi connectivity index (χ1n) is 6.65. The van der Waals surface area contributed by atoms with Crippen LogP contribution in [0.15, 0.2) is 30.6 Å². The van der Waals surface area contributed by atoms with Crippen LogP contribution < -0.4 is 4.74 Å². The van der Waals surface area contributed by atoms with Crippen molar-refractivity contribution in [1.82, 2.24) is 9.55 Å². The van der Waals surface area contributed by atoms with Crippen molar-refractivity contribution in [3.8, 4) is 17.6 Å². The maximum absolute atomic E-state index is 13.8. The Balaban J connectivity index is 1.91. The van der Waals surface area contributed by atoms with Crippen molar-refractivity contribution in [2.45, 2.75) is 19.9 Å². The van der Waals surface area contributed by atoms with Crippen LogP contribution in [0.5, 0.6) is 5.75 Å². The van der Waals surface area contributed by atoms with Crippen molar-refractivity contribution in [3.63, 3.8) is 0 Å². The van der Waals surface area contributed by atoms with Crippen LogP contribution in [-0.4, -0.2) is 22.0 Å². The fourth-order valence-corrected chi connectivity index (χ4v) is 1.89. The van der Waals surface area contributed by atoms with Crippen molar-refractivity contribution in [1.29, 1.82) is 0 Å². The lowest BCUT2D eigenvalue weighted by Crippen LogP contribution is -2.08. The fraction of sp³-hybridized carbons (Fsp3) is 0.312. The van der Waals surface area contributed by atoms with Crippen LogP contribution >= 0.6 is 11.6 Å². The second kappa shape index (κ2) is 7.70. The molecule has 0 bridgehead atoms. The Kier molecular flexibility index (Phi) is 5.65. The first-order valence-corrected chi connectivity index (χ1v) is 7.19. The van der Waals surface area contributed by atoms with Gasteiger partial charge in [0.15, 0.2) is 0 Å². The number of hydrogen-bond acceptors (Lipinski definition) is 2. The summed E-state index contributed by atoms with van der Waals surface area (Å²) in [4.78, 5) is 4.13. The molecule has 110 valence electrons. The molecule has 0 aliphatic rings. The molecule has 0 saturated carbocycles. The molecule has 0 unspecified atom stereocenters. The number of imidazole rings is 1. The minimum atomic E-state index is -0.381. The minimum Gasteiger partial charge on any atom is -0.492 e. The Morgan fingerprint density at radius 1 is 1.43 bits per heavy atom. The van der Waals surface area contributed by atoms with Crippen molar-refractivity contribution in [2.75, 3.05) is 12.5 Å². The molecule has 1 aromatic heterocycles. The first-order chi connectivity index (χ1) is 10.2. The van der Waals surface area contributed by atoms with E-state index in [-0.39, 0.29) is 5.82 Å². The van der Waals surface area contributed by atoms with Crippen LogP contribution in [0.3, 0.4) is 0 Å². The number of hydrogen-bond donors (Lipinski definition) is 0. The van der Waals surface area contributed by atoms with Gasteiger partial charge in [-0.2, -0.15) is 0 Å². The van der Waals surface area contributed by atoms with E-state index in [1.807, 2.05) is 17.7 Å². The van der Waals surface area contributed by atoms with Gasteiger partial charge in [-0.1, -0.05) is 11.8 Å². The summed E-state index contributed by atoms with van der Waals surface area (Å²) in [5.74, 6) is 7.04. The number of benzene rings is 1. The van der Waals surface area contributed by atoms with E-state index < -0.39 is 0 Å². The average Bonchev–Trinajstić information content (AvgIpc) is 2.87. The maximum atomic E-state index is 13.8. The predicted octanol–water partition coefficient (Wildman–Crippen LogP) is 3.39. The number of nitrogens with zero attached hydrogens (tertiary/aromatic N) is 2. The topological polar surface area (TPSA) is 27.1 Å². The van der Waals surface area contributed by atoms with Crippen molar-refractivity contribution >= 4 is 11.6 Å². The molecule has 0 aliphatic carbocycles. The third kappa shape index (κ3) is 4.51. The lowest BCUT2D eigenvalue weighted by Gasteiger charge is -2.08. The summed E-state index contributed by atoms with van der Waals surface area (Å²) in [5.41, 5.74) is 0.359. The Hall–Kier alpha value is -1.99. The van der Waals surface area contributed by atoms with E-state index in [4.69, 9.17) is 16.3 Å². The summed E-state index contributed by atoms with van der Waals surface area (Å²) in [6, 6.07) is 4.69. The number of aryl methyl sites for hydroxylation is 1. The van der Waals surface area contributed by atoms with Crippen LogP contribution in [0.25, 0.3) is 0 Å². The Morgan fingerprint density at radius 3 is 2.95 bits per heavy atom. The smallest absolute Gasteiger partial charge is 0.142 e. The van der Waals surface area contributed by atoms with Gasteiger partial charge in [-0.15, -0.1) is 11.6 Å². The molecule has 0 amide bonds. The van der Waals surface area contributed by atoms with Gasteiger partial charge in [-0.3, -0.25) is 0 Å². The zero-order valence-electron chi connectivity index (χ0n) is 11.8. The number of aromatic nitrogens is 2. The van der Waals surface area contributed by atoms with Crippen molar-refractivity contribution in [3.05, 3.63) is 47.8 Å². The summed E-state index contributed by atoms with van der Waals surface area (Å²) in [6.07, 6.45) is 4.17. The molecular formula is C16H16ClFN2O. The lowest BCUT2D eigenvalue weighted by atomic mass is 10.2. The summed E-state index contributed by atoms with van der Waals surface area (Å²) in [5, 5.41) is 0. The molecule has 1 aromatic carbocycles. The van der Waals surface area contributed by atoms with Crippen LogP contribution in [0.4, 0.5) is 4.39 Å². The van der Waals surface area contributed by atoms with Gasteiger partial charge in [0.2, 0.25) is 0 Å². The molecule has 0 aliphatic heterocycles. The highest BCUT2D eigenvalue weighted by atomic mass is 35.5. The number of rotatable bonds is 5. The van der Waals surface area contributed by atoms with Gasteiger partial charge in [0.25, 0.3) is 0 Å². The summed E-state index contributed by atoms with van der Waals surface area (Å²) < 4.78 is 21.3. The summed E-state index contributed by atoms with van der Waals surface area (Å²) in [7, 11) is 0. The largest absolute Gasteiger partial charge is 0.492 e. The Bertz CT molecular complexity index is 658. The van der Waals surface area contributed by atoms with Crippen molar-refractivity contribution in [2.24, 2.45) is 0 Å². The van der Waals surface area contributed by atoms with Crippen molar-refractivity contribution < 1.29 is 9.13 Å². The van der Waals surface area contributed by atoms with Crippen LogP contribution in [-0.2, 0) is 6.54 Å². The second-order valence-electron chi connectivity index (χ2n) is 4.40. The molecule has 0 fully saturated rings. The van der Waals surface area contributed by atoms with E-state index in [0.29, 0.717) is 36.8 Å². The number of alkyl halides is 1. The summed E-state index contributed by atoms with van der Waals surface area (Å²) in [6.45, 7) is 3.05. The van der Waals surface area contributed by atoms with E-state index in [2.05, 4.69) is 16.8 Å². The van der Waals surface area contributed by atoms with Gasteiger partial charge in [0.1, 0.15) is 24.0 Å². The van der Waals surface area contributed by atoms with Gasteiger partial charge in [-0.25, -0.2) is 9.37 Å². The van der Waals surface area contributed by atoms with E-state index >= 15 is 0 Å². The molecule has 0 saturated heterocycles. The first kappa shape index (κ1) is 15.4. The fourth-order valence-electron chi connectivity index (χ4n) is 1.79. The number of halogens is 2. The average molecular weight is 307 g/mol.